The van der Waals surface area contributed by atoms with E-state index >= 15 is 0 Å². The zero-order chi connectivity index (χ0) is 27.7. The third-order valence-electron chi connectivity index (χ3n) is 6.19. The molecule has 4 N–H and O–H groups in total. The standard InChI is InChI=1S/C28H22N4O6S/c1-15(33)30-19-5-7-20(8-6-19)32-25(24(31-28(32)39)21-4-2-3-11-29-21)23-10-9-22(38-23)16-12-17(26(34)35)14-18(13-16)27(36)37/h2-14,24-25H,1H3,(H,30,33)(H,31,39)(H,34,35)(H,36,37)/t24-,25-/m1/s1. The topological polar surface area (TPSA) is 145 Å². The Kier molecular flexibility index (Phi) is 6.82. The third kappa shape index (κ3) is 5.20. The van der Waals surface area contributed by atoms with Crippen molar-refractivity contribution in [2.75, 3.05) is 10.2 Å². The Morgan fingerprint density at radius 2 is 1.67 bits per heavy atom. The van der Waals surface area contributed by atoms with Crippen LogP contribution in [-0.4, -0.2) is 38.2 Å². The number of carboxylic acid groups (broad SMARTS) is 2. The van der Waals surface area contributed by atoms with Gasteiger partial charge in [-0.2, -0.15) is 0 Å². The molecular formula is C28H22N4O6S. The third-order valence-corrected chi connectivity index (χ3v) is 6.51. The number of carbonyl (C=O) groups is 3. The maximum atomic E-state index is 11.6. The van der Waals surface area contributed by atoms with Crippen LogP contribution in [0.25, 0.3) is 11.3 Å². The van der Waals surface area contributed by atoms with Crippen LogP contribution in [0, 0.1) is 0 Å². The number of nitrogens with zero attached hydrogens (tertiary/aromatic N) is 2. The van der Waals surface area contributed by atoms with Crippen LogP contribution in [0.5, 0.6) is 0 Å². The zero-order valence-electron chi connectivity index (χ0n) is 20.5. The fourth-order valence-electron chi connectivity index (χ4n) is 4.51. The molecule has 4 aromatic rings. The first-order valence-corrected chi connectivity index (χ1v) is 12.2. The van der Waals surface area contributed by atoms with Gasteiger partial charge < -0.3 is 30.2 Å². The van der Waals surface area contributed by atoms with Crippen molar-refractivity contribution < 1.29 is 29.0 Å². The van der Waals surface area contributed by atoms with Crippen molar-refractivity contribution in [2.24, 2.45) is 0 Å². The Morgan fingerprint density at radius 3 is 2.26 bits per heavy atom. The molecule has 2 aromatic heterocycles. The minimum absolute atomic E-state index is 0.168. The lowest BCUT2D eigenvalue weighted by molar-refractivity contribution is -0.114. The van der Waals surface area contributed by atoms with Gasteiger partial charge >= 0.3 is 11.9 Å². The predicted molar refractivity (Wildman–Crippen MR) is 147 cm³/mol. The molecule has 11 heteroatoms. The minimum Gasteiger partial charge on any atom is -0.478 e. The molecule has 3 heterocycles. The van der Waals surface area contributed by atoms with Crippen LogP contribution >= 0.6 is 12.2 Å². The highest BCUT2D eigenvalue weighted by atomic mass is 32.1. The number of carboxylic acids is 2. The summed E-state index contributed by atoms with van der Waals surface area (Å²) in [6, 6.07) is 19.1. The second kappa shape index (κ2) is 10.4. The summed E-state index contributed by atoms with van der Waals surface area (Å²) >= 11 is 5.72. The van der Waals surface area contributed by atoms with E-state index in [1.165, 1.54) is 19.1 Å². The van der Waals surface area contributed by atoms with Gasteiger partial charge in [-0.3, -0.25) is 9.78 Å². The molecule has 39 heavy (non-hydrogen) atoms. The largest absolute Gasteiger partial charge is 0.478 e. The Morgan fingerprint density at radius 1 is 0.974 bits per heavy atom. The molecule has 2 aromatic carbocycles. The van der Waals surface area contributed by atoms with Crippen molar-refractivity contribution in [3.8, 4) is 11.3 Å². The summed E-state index contributed by atoms with van der Waals surface area (Å²) in [7, 11) is 0. The lowest BCUT2D eigenvalue weighted by Crippen LogP contribution is -2.29. The van der Waals surface area contributed by atoms with E-state index in [2.05, 4.69) is 15.6 Å². The van der Waals surface area contributed by atoms with Crippen LogP contribution in [0.4, 0.5) is 11.4 Å². The molecule has 0 radical (unpaired) electrons. The van der Waals surface area contributed by atoms with Crippen LogP contribution in [0.15, 0.2) is 83.4 Å². The normalized spacial score (nSPS) is 16.5. The number of hydrogen-bond donors (Lipinski definition) is 4. The van der Waals surface area contributed by atoms with E-state index in [-0.39, 0.29) is 17.0 Å². The Labute approximate surface area is 227 Å². The SMILES string of the molecule is CC(=O)Nc1ccc(N2C(=S)N[C@H](c3ccccn3)[C@H]2c2ccc(-c3cc(C(=O)O)cc(C(=O)O)c3)o2)cc1. The predicted octanol–water partition coefficient (Wildman–Crippen LogP) is 4.87. The van der Waals surface area contributed by atoms with Gasteiger partial charge in [0.25, 0.3) is 0 Å². The van der Waals surface area contributed by atoms with Gasteiger partial charge in [-0.1, -0.05) is 6.07 Å². The van der Waals surface area contributed by atoms with Gasteiger partial charge in [0.1, 0.15) is 17.6 Å². The average molecular weight is 543 g/mol. The molecule has 1 saturated heterocycles. The molecule has 1 amide bonds. The van der Waals surface area contributed by atoms with E-state index in [9.17, 15) is 24.6 Å². The molecule has 2 atom stereocenters. The number of benzene rings is 2. The first-order valence-electron chi connectivity index (χ1n) is 11.8. The Balaban J connectivity index is 1.58. The van der Waals surface area contributed by atoms with Gasteiger partial charge in [0.05, 0.1) is 22.9 Å². The number of nitrogens with one attached hydrogen (secondary N) is 2. The van der Waals surface area contributed by atoms with E-state index in [1.54, 1.807) is 30.5 Å². The number of aromatic carboxylic acids is 2. The van der Waals surface area contributed by atoms with Gasteiger partial charge in [0.15, 0.2) is 5.11 Å². The van der Waals surface area contributed by atoms with Crippen molar-refractivity contribution in [3.05, 3.63) is 102 Å². The fourth-order valence-corrected chi connectivity index (χ4v) is 4.86. The second-order valence-corrected chi connectivity index (χ2v) is 9.22. The lowest BCUT2D eigenvalue weighted by Gasteiger charge is -2.26. The van der Waals surface area contributed by atoms with Crippen LogP contribution < -0.4 is 15.5 Å². The van der Waals surface area contributed by atoms with Crippen molar-refractivity contribution in [1.82, 2.24) is 10.3 Å². The van der Waals surface area contributed by atoms with Crippen LogP contribution in [0.2, 0.25) is 0 Å². The number of hydrogen-bond acceptors (Lipinski definition) is 6. The molecule has 1 aliphatic rings. The minimum atomic E-state index is -1.25. The van der Waals surface area contributed by atoms with Gasteiger partial charge in [0, 0.05) is 30.1 Å². The fraction of sp³-hybridized carbons (Fsp3) is 0.107. The average Bonchev–Trinajstić information content (AvgIpc) is 3.54. The molecule has 196 valence electrons. The molecule has 0 bridgehead atoms. The van der Waals surface area contributed by atoms with Crippen molar-refractivity contribution in [2.45, 2.75) is 19.0 Å². The van der Waals surface area contributed by atoms with E-state index < -0.39 is 24.0 Å². The van der Waals surface area contributed by atoms with Gasteiger partial charge in [-0.15, -0.1) is 0 Å². The van der Waals surface area contributed by atoms with Gasteiger partial charge in [0.2, 0.25) is 5.91 Å². The van der Waals surface area contributed by atoms with Gasteiger partial charge in [-0.25, -0.2) is 9.59 Å². The van der Waals surface area contributed by atoms with Crippen LogP contribution in [-0.2, 0) is 4.79 Å². The highest BCUT2D eigenvalue weighted by Gasteiger charge is 2.42. The number of aromatic nitrogens is 1. The second-order valence-electron chi connectivity index (χ2n) is 8.84. The quantitative estimate of drug-likeness (QED) is 0.239. The number of anilines is 2. The maximum absolute atomic E-state index is 11.6. The summed E-state index contributed by atoms with van der Waals surface area (Å²) in [4.78, 5) is 41.0. The van der Waals surface area contributed by atoms with Crippen LogP contribution in [0.3, 0.4) is 0 Å². The molecule has 0 unspecified atom stereocenters. The Bertz CT molecular complexity index is 1550. The van der Waals surface area contributed by atoms with E-state index in [0.29, 0.717) is 27.9 Å². The van der Waals surface area contributed by atoms with E-state index in [4.69, 9.17) is 16.6 Å². The summed E-state index contributed by atoms with van der Waals surface area (Å²) in [5.74, 6) is -1.89. The van der Waals surface area contributed by atoms with Gasteiger partial charge in [-0.05, 0) is 78.9 Å². The summed E-state index contributed by atoms with van der Waals surface area (Å²) in [6.45, 7) is 1.43. The number of rotatable bonds is 7. The van der Waals surface area contributed by atoms with Crippen molar-refractivity contribution in [1.29, 1.82) is 0 Å². The monoisotopic (exact) mass is 542 g/mol. The molecule has 0 aliphatic carbocycles. The number of amides is 1. The molecule has 1 aliphatic heterocycles. The highest BCUT2D eigenvalue weighted by molar-refractivity contribution is 7.80. The van der Waals surface area contributed by atoms with E-state index in [0.717, 1.165) is 17.4 Å². The first kappa shape index (κ1) is 25.6. The van der Waals surface area contributed by atoms with Crippen molar-refractivity contribution >= 4 is 46.6 Å². The van der Waals surface area contributed by atoms with Crippen molar-refractivity contribution in [3.63, 3.8) is 0 Å². The maximum Gasteiger partial charge on any atom is 0.335 e. The summed E-state index contributed by atoms with van der Waals surface area (Å²) in [5, 5.41) is 25.4. The molecule has 10 nitrogen and oxygen atoms in total. The number of thiocarbonyl (C=S) groups is 1. The molecule has 5 rings (SSSR count). The molecular weight excluding hydrogens is 520 g/mol. The summed E-state index contributed by atoms with van der Waals surface area (Å²) in [6.07, 6.45) is 1.68. The number of furan rings is 1. The number of carbonyl (C=O) groups excluding carboxylic acids is 1. The smallest absolute Gasteiger partial charge is 0.335 e. The highest BCUT2D eigenvalue weighted by Crippen LogP contribution is 2.43. The van der Waals surface area contributed by atoms with E-state index in [1.807, 2.05) is 35.2 Å². The first-order chi connectivity index (χ1) is 18.7. The summed E-state index contributed by atoms with van der Waals surface area (Å²) in [5.41, 5.74) is 2.07. The van der Waals surface area contributed by atoms with Crippen LogP contribution in [0.1, 0.15) is 51.2 Å². The summed E-state index contributed by atoms with van der Waals surface area (Å²) < 4.78 is 6.24. The Hall–Kier alpha value is -5.03. The molecule has 0 saturated carbocycles. The number of pyridine rings is 1. The zero-order valence-corrected chi connectivity index (χ0v) is 21.3. The molecule has 0 spiro atoms. The lowest BCUT2D eigenvalue weighted by atomic mass is 10.0. The molecule has 1 fully saturated rings.